The van der Waals surface area contributed by atoms with E-state index in [0.717, 1.165) is 10.2 Å². The molecule has 0 saturated heterocycles. The van der Waals surface area contributed by atoms with Gasteiger partial charge in [0.25, 0.3) is 0 Å². The molecule has 2 nitrogen and oxygen atoms in total. The van der Waals surface area contributed by atoms with E-state index in [9.17, 15) is 4.39 Å². The summed E-state index contributed by atoms with van der Waals surface area (Å²) in [6, 6.07) is 14.0. The smallest absolute Gasteiger partial charge is 0.126 e. The van der Waals surface area contributed by atoms with Crippen LogP contribution in [0.4, 0.5) is 10.1 Å². The first kappa shape index (κ1) is 12.9. The van der Waals surface area contributed by atoms with Gasteiger partial charge in [-0.05, 0) is 36.4 Å². The lowest BCUT2D eigenvalue weighted by Gasteiger charge is -2.08. The second kappa shape index (κ2) is 6.40. The molecule has 1 N–H and O–H groups in total. The molecule has 0 atom stereocenters. The van der Waals surface area contributed by atoms with Gasteiger partial charge in [-0.3, -0.25) is 0 Å². The van der Waals surface area contributed by atoms with Gasteiger partial charge in [-0.2, -0.15) is 0 Å². The number of rotatable bonds is 5. The fraction of sp³-hybridized carbons (Fsp3) is 0.143. The van der Waals surface area contributed by atoms with Gasteiger partial charge >= 0.3 is 0 Å². The fourth-order valence-electron chi connectivity index (χ4n) is 1.49. The van der Waals surface area contributed by atoms with Crippen molar-refractivity contribution in [3.63, 3.8) is 0 Å². The zero-order valence-electron chi connectivity index (χ0n) is 9.70. The predicted octanol–water partition coefficient (Wildman–Crippen LogP) is 4.08. The Hall–Kier alpha value is -1.55. The predicted molar refractivity (Wildman–Crippen MR) is 74.5 cm³/mol. The van der Waals surface area contributed by atoms with E-state index in [1.807, 2.05) is 24.3 Å². The van der Waals surface area contributed by atoms with Crippen LogP contribution in [-0.4, -0.2) is 13.2 Å². The third-order valence-electron chi connectivity index (χ3n) is 2.34. The first-order valence-corrected chi connectivity index (χ1v) is 6.41. The van der Waals surface area contributed by atoms with Crippen LogP contribution in [0.25, 0.3) is 0 Å². The molecule has 0 fully saturated rings. The van der Waals surface area contributed by atoms with Crippen LogP contribution >= 0.6 is 15.9 Å². The third kappa shape index (κ3) is 4.04. The van der Waals surface area contributed by atoms with Gasteiger partial charge in [0.1, 0.15) is 18.2 Å². The highest BCUT2D eigenvalue weighted by Crippen LogP contribution is 2.14. The molecule has 0 aromatic heterocycles. The van der Waals surface area contributed by atoms with Crippen LogP contribution < -0.4 is 10.1 Å². The standard InChI is InChI=1S/C14H13BrFNO/c15-11-4-6-13(7-5-11)17-8-9-18-14-3-1-2-12(16)10-14/h1-7,10,17H,8-9H2. The normalized spacial score (nSPS) is 10.1. The molecule has 94 valence electrons. The molecule has 0 amide bonds. The maximum Gasteiger partial charge on any atom is 0.126 e. The topological polar surface area (TPSA) is 21.3 Å². The van der Waals surface area contributed by atoms with Crippen molar-refractivity contribution in [3.05, 3.63) is 58.8 Å². The Bertz CT molecular complexity index is 501. The summed E-state index contributed by atoms with van der Waals surface area (Å²) in [6.07, 6.45) is 0. The number of halogens is 2. The van der Waals surface area contributed by atoms with Crippen molar-refractivity contribution in [2.75, 3.05) is 18.5 Å². The molecule has 0 unspecified atom stereocenters. The highest BCUT2D eigenvalue weighted by Gasteiger charge is 1.96. The highest BCUT2D eigenvalue weighted by molar-refractivity contribution is 9.10. The lowest BCUT2D eigenvalue weighted by Crippen LogP contribution is -2.11. The van der Waals surface area contributed by atoms with Crippen molar-refractivity contribution in [3.8, 4) is 5.75 Å². The number of benzene rings is 2. The van der Waals surface area contributed by atoms with Crippen LogP contribution in [0.5, 0.6) is 5.75 Å². The number of anilines is 1. The van der Waals surface area contributed by atoms with E-state index >= 15 is 0 Å². The largest absolute Gasteiger partial charge is 0.492 e. The second-order valence-electron chi connectivity index (χ2n) is 3.74. The van der Waals surface area contributed by atoms with E-state index in [-0.39, 0.29) is 5.82 Å². The Balaban J connectivity index is 1.74. The van der Waals surface area contributed by atoms with Crippen molar-refractivity contribution < 1.29 is 9.13 Å². The SMILES string of the molecule is Fc1cccc(OCCNc2ccc(Br)cc2)c1. The Morgan fingerprint density at radius 2 is 1.89 bits per heavy atom. The number of nitrogens with one attached hydrogen (secondary N) is 1. The summed E-state index contributed by atoms with van der Waals surface area (Å²) in [5, 5.41) is 3.22. The van der Waals surface area contributed by atoms with Crippen LogP contribution in [0.3, 0.4) is 0 Å². The van der Waals surface area contributed by atoms with Crippen molar-refractivity contribution in [1.82, 2.24) is 0 Å². The first-order chi connectivity index (χ1) is 8.74. The van der Waals surface area contributed by atoms with E-state index < -0.39 is 0 Å². The van der Waals surface area contributed by atoms with Gasteiger partial charge < -0.3 is 10.1 Å². The van der Waals surface area contributed by atoms with E-state index in [0.29, 0.717) is 18.9 Å². The lowest BCUT2D eigenvalue weighted by molar-refractivity contribution is 0.331. The summed E-state index contributed by atoms with van der Waals surface area (Å²) in [5.74, 6) is 0.265. The average molecular weight is 310 g/mol. The van der Waals surface area contributed by atoms with E-state index in [4.69, 9.17) is 4.74 Å². The first-order valence-electron chi connectivity index (χ1n) is 5.62. The Kier molecular flexibility index (Phi) is 4.59. The maximum atomic E-state index is 12.9. The summed E-state index contributed by atoms with van der Waals surface area (Å²) in [5.41, 5.74) is 1.03. The van der Waals surface area contributed by atoms with Gasteiger partial charge in [0.05, 0.1) is 0 Å². The highest BCUT2D eigenvalue weighted by atomic mass is 79.9. The molecule has 4 heteroatoms. The molecule has 2 rings (SSSR count). The van der Waals surface area contributed by atoms with E-state index in [2.05, 4.69) is 21.2 Å². The van der Waals surface area contributed by atoms with Gasteiger partial charge in [0.15, 0.2) is 0 Å². The second-order valence-corrected chi connectivity index (χ2v) is 4.66. The quantitative estimate of drug-likeness (QED) is 0.840. The monoisotopic (exact) mass is 309 g/mol. The molecular formula is C14H13BrFNO. The van der Waals surface area contributed by atoms with Crippen molar-refractivity contribution in [2.45, 2.75) is 0 Å². The summed E-state index contributed by atoms with van der Waals surface area (Å²) >= 11 is 3.38. The molecule has 0 radical (unpaired) electrons. The van der Waals surface area contributed by atoms with E-state index in [1.165, 1.54) is 12.1 Å². The zero-order chi connectivity index (χ0) is 12.8. The van der Waals surface area contributed by atoms with Crippen molar-refractivity contribution in [1.29, 1.82) is 0 Å². The Morgan fingerprint density at radius 1 is 1.11 bits per heavy atom. The van der Waals surface area contributed by atoms with Crippen LogP contribution in [0, 0.1) is 5.82 Å². The molecule has 0 heterocycles. The van der Waals surface area contributed by atoms with Gasteiger partial charge in [-0.1, -0.05) is 22.0 Å². The molecule has 0 aliphatic rings. The van der Waals surface area contributed by atoms with Gasteiger partial charge in [-0.25, -0.2) is 4.39 Å². The number of hydrogen-bond donors (Lipinski definition) is 1. The molecule has 2 aromatic rings. The molecule has 0 spiro atoms. The maximum absolute atomic E-state index is 12.9. The number of ether oxygens (including phenoxy) is 1. The van der Waals surface area contributed by atoms with Crippen molar-refractivity contribution >= 4 is 21.6 Å². The van der Waals surface area contributed by atoms with Crippen LogP contribution in [0.15, 0.2) is 53.0 Å². The minimum atomic E-state index is -0.284. The average Bonchev–Trinajstić information content (AvgIpc) is 2.37. The zero-order valence-corrected chi connectivity index (χ0v) is 11.3. The molecule has 0 bridgehead atoms. The van der Waals surface area contributed by atoms with Gasteiger partial charge in [0, 0.05) is 22.8 Å². The molecule has 0 aliphatic heterocycles. The lowest BCUT2D eigenvalue weighted by atomic mass is 10.3. The minimum Gasteiger partial charge on any atom is -0.492 e. The number of hydrogen-bond acceptors (Lipinski definition) is 2. The van der Waals surface area contributed by atoms with Crippen LogP contribution in [0.1, 0.15) is 0 Å². The van der Waals surface area contributed by atoms with Crippen LogP contribution in [-0.2, 0) is 0 Å². The molecule has 2 aromatic carbocycles. The van der Waals surface area contributed by atoms with Crippen LogP contribution in [0.2, 0.25) is 0 Å². The summed E-state index contributed by atoms with van der Waals surface area (Å²) in [6.45, 7) is 1.15. The molecular weight excluding hydrogens is 297 g/mol. The van der Waals surface area contributed by atoms with Crippen molar-refractivity contribution in [2.24, 2.45) is 0 Å². The summed E-state index contributed by atoms with van der Waals surface area (Å²) < 4.78 is 19.3. The summed E-state index contributed by atoms with van der Waals surface area (Å²) in [4.78, 5) is 0. The Labute approximate surface area is 114 Å². The third-order valence-corrected chi connectivity index (χ3v) is 2.87. The Morgan fingerprint density at radius 3 is 2.61 bits per heavy atom. The molecule has 18 heavy (non-hydrogen) atoms. The van der Waals surface area contributed by atoms with E-state index in [1.54, 1.807) is 12.1 Å². The fourth-order valence-corrected chi connectivity index (χ4v) is 1.75. The minimum absolute atomic E-state index is 0.284. The molecule has 0 aliphatic carbocycles. The van der Waals surface area contributed by atoms with Gasteiger partial charge in [0.2, 0.25) is 0 Å². The van der Waals surface area contributed by atoms with Gasteiger partial charge in [-0.15, -0.1) is 0 Å². The molecule has 0 saturated carbocycles. The summed E-state index contributed by atoms with van der Waals surface area (Å²) in [7, 11) is 0.